The van der Waals surface area contributed by atoms with Crippen LogP contribution in [0.3, 0.4) is 0 Å². The van der Waals surface area contributed by atoms with Gasteiger partial charge in [0, 0.05) is 12.6 Å². The summed E-state index contributed by atoms with van der Waals surface area (Å²) in [6, 6.07) is 19.2. The van der Waals surface area contributed by atoms with Gasteiger partial charge in [-0.1, -0.05) is 65.8 Å². The maximum Gasteiger partial charge on any atom is 0.246 e. The van der Waals surface area contributed by atoms with E-state index in [1.165, 1.54) is 0 Å². The molecule has 116 valence electrons. The lowest BCUT2D eigenvalue weighted by Crippen LogP contribution is -2.27. The van der Waals surface area contributed by atoms with Crippen LogP contribution in [-0.4, -0.2) is 28.0 Å². The van der Waals surface area contributed by atoms with Crippen molar-refractivity contribution in [3.8, 4) is 11.4 Å². The van der Waals surface area contributed by atoms with Gasteiger partial charge in [0.25, 0.3) is 0 Å². The number of carbonyl (C=O) groups is 1. The van der Waals surface area contributed by atoms with Crippen molar-refractivity contribution in [1.29, 1.82) is 0 Å². The zero-order valence-electron chi connectivity index (χ0n) is 12.8. The second-order valence-corrected chi connectivity index (χ2v) is 5.29. The van der Waals surface area contributed by atoms with Gasteiger partial charge in [-0.25, -0.2) is 0 Å². The third-order valence-corrected chi connectivity index (χ3v) is 3.50. The van der Waals surface area contributed by atoms with Crippen molar-refractivity contribution < 1.29 is 9.32 Å². The van der Waals surface area contributed by atoms with Crippen molar-refractivity contribution in [2.75, 3.05) is 7.05 Å². The van der Waals surface area contributed by atoms with Gasteiger partial charge in [0.2, 0.25) is 17.6 Å². The Bertz CT molecular complexity index is 769. The van der Waals surface area contributed by atoms with Crippen LogP contribution in [0.1, 0.15) is 11.5 Å². The van der Waals surface area contributed by atoms with Gasteiger partial charge in [0.15, 0.2) is 0 Å². The number of hydrogen-bond donors (Lipinski definition) is 0. The molecular formula is C18H17N3O2. The van der Waals surface area contributed by atoms with Crippen LogP contribution in [0.4, 0.5) is 0 Å². The fraction of sp³-hybridized carbons (Fsp3) is 0.167. The Hall–Kier alpha value is -2.95. The summed E-state index contributed by atoms with van der Waals surface area (Å²) < 4.78 is 5.24. The molecule has 0 unspecified atom stereocenters. The van der Waals surface area contributed by atoms with Crippen molar-refractivity contribution in [3.63, 3.8) is 0 Å². The van der Waals surface area contributed by atoms with E-state index in [0.29, 0.717) is 24.7 Å². The van der Waals surface area contributed by atoms with E-state index in [4.69, 9.17) is 4.52 Å². The lowest BCUT2D eigenvalue weighted by atomic mass is 10.1. The summed E-state index contributed by atoms with van der Waals surface area (Å²) in [5.41, 5.74) is 1.88. The minimum absolute atomic E-state index is 0.00987. The largest absolute Gasteiger partial charge is 0.337 e. The maximum absolute atomic E-state index is 12.2. The van der Waals surface area contributed by atoms with E-state index in [1.807, 2.05) is 60.7 Å². The number of carbonyl (C=O) groups excluding carboxylic acids is 1. The fourth-order valence-corrected chi connectivity index (χ4v) is 2.22. The van der Waals surface area contributed by atoms with Crippen LogP contribution in [-0.2, 0) is 17.8 Å². The molecule has 0 radical (unpaired) electrons. The molecule has 3 aromatic rings. The minimum atomic E-state index is 0.00987. The average molecular weight is 307 g/mol. The monoisotopic (exact) mass is 307 g/mol. The number of benzene rings is 2. The van der Waals surface area contributed by atoms with Gasteiger partial charge in [-0.2, -0.15) is 4.98 Å². The van der Waals surface area contributed by atoms with Crippen LogP contribution in [0.25, 0.3) is 11.4 Å². The Morgan fingerprint density at radius 2 is 1.70 bits per heavy atom. The van der Waals surface area contributed by atoms with Crippen molar-refractivity contribution in [2.24, 2.45) is 0 Å². The smallest absolute Gasteiger partial charge is 0.246 e. The molecule has 0 saturated heterocycles. The molecule has 0 aliphatic rings. The molecule has 1 aromatic heterocycles. The summed E-state index contributed by atoms with van der Waals surface area (Å²) in [7, 11) is 1.73. The highest BCUT2D eigenvalue weighted by molar-refractivity contribution is 5.78. The van der Waals surface area contributed by atoms with Crippen LogP contribution in [0.5, 0.6) is 0 Å². The van der Waals surface area contributed by atoms with E-state index in [2.05, 4.69) is 10.1 Å². The van der Waals surface area contributed by atoms with E-state index < -0.39 is 0 Å². The molecule has 23 heavy (non-hydrogen) atoms. The van der Waals surface area contributed by atoms with Crippen molar-refractivity contribution >= 4 is 5.91 Å². The van der Waals surface area contributed by atoms with Crippen molar-refractivity contribution in [1.82, 2.24) is 15.0 Å². The van der Waals surface area contributed by atoms with Crippen LogP contribution in [0, 0.1) is 0 Å². The molecule has 0 fully saturated rings. The summed E-state index contributed by atoms with van der Waals surface area (Å²) in [4.78, 5) is 18.2. The molecule has 3 rings (SSSR count). The Morgan fingerprint density at radius 1 is 1.04 bits per heavy atom. The Morgan fingerprint density at radius 3 is 2.39 bits per heavy atom. The SMILES string of the molecule is CN(Cc1nc(-c2ccccc2)no1)C(=O)Cc1ccccc1. The van der Waals surface area contributed by atoms with Gasteiger partial charge in [-0.15, -0.1) is 0 Å². The van der Waals surface area contributed by atoms with Crippen LogP contribution >= 0.6 is 0 Å². The second kappa shape index (κ2) is 6.87. The molecule has 0 bridgehead atoms. The average Bonchev–Trinajstić information content (AvgIpc) is 3.05. The summed E-state index contributed by atoms with van der Waals surface area (Å²) in [5.74, 6) is 0.966. The van der Waals surface area contributed by atoms with Crippen LogP contribution < -0.4 is 0 Å². The second-order valence-electron chi connectivity index (χ2n) is 5.29. The fourth-order valence-electron chi connectivity index (χ4n) is 2.22. The number of rotatable bonds is 5. The number of likely N-dealkylation sites (N-methyl/N-ethyl adjacent to an activating group) is 1. The molecule has 2 aromatic carbocycles. The van der Waals surface area contributed by atoms with Gasteiger partial charge in [-0.05, 0) is 5.56 Å². The quantitative estimate of drug-likeness (QED) is 0.727. The summed E-state index contributed by atoms with van der Waals surface area (Å²) >= 11 is 0. The van der Waals surface area contributed by atoms with E-state index >= 15 is 0 Å². The standard InChI is InChI=1S/C18H17N3O2/c1-21(17(22)12-14-8-4-2-5-9-14)13-16-19-18(20-23-16)15-10-6-3-7-11-15/h2-11H,12-13H2,1H3. The number of nitrogens with zero attached hydrogens (tertiary/aromatic N) is 3. The predicted octanol–water partition coefficient (Wildman–Crippen LogP) is 2.94. The molecule has 5 nitrogen and oxygen atoms in total. The first-order valence-electron chi connectivity index (χ1n) is 7.38. The molecule has 0 aliphatic carbocycles. The molecule has 1 amide bonds. The normalized spacial score (nSPS) is 10.5. The lowest BCUT2D eigenvalue weighted by Gasteiger charge is -2.14. The topological polar surface area (TPSA) is 59.2 Å². The zero-order chi connectivity index (χ0) is 16.1. The molecule has 0 N–H and O–H groups in total. The third kappa shape index (κ3) is 3.83. The molecule has 0 aliphatic heterocycles. The zero-order valence-corrected chi connectivity index (χ0v) is 12.8. The van der Waals surface area contributed by atoms with Gasteiger partial charge in [0.05, 0.1) is 13.0 Å². The van der Waals surface area contributed by atoms with E-state index in [1.54, 1.807) is 11.9 Å². The molecule has 5 heteroatoms. The first-order valence-corrected chi connectivity index (χ1v) is 7.38. The molecule has 0 atom stereocenters. The highest BCUT2D eigenvalue weighted by atomic mass is 16.5. The van der Waals surface area contributed by atoms with Crippen LogP contribution in [0.15, 0.2) is 65.2 Å². The van der Waals surface area contributed by atoms with Crippen LogP contribution in [0.2, 0.25) is 0 Å². The minimum Gasteiger partial charge on any atom is -0.337 e. The highest BCUT2D eigenvalue weighted by Gasteiger charge is 2.14. The Kier molecular flexibility index (Phi) is 4.47. The van der Waals surface area contributed by atoms with E-state index in [9.17, 15) is 4.79 Å². The predicted molar refractivity (Wildman–Crippen MR) is 86.4 cm³/mol. The molecule has 1 heterocycles. The van der Waals surface area contributed by atoms with Gasteiger partial charge >= 0.3 is 0 Å². The van der Waals surface area contributed by atoms with E-state index in [0.717, 1.165) is 11.1 Å². The first kappa shape index (κ1) is 15.0. The Balaban J connectivity index is 1.63. The maximum atomic E-state index is 12.2. The number of aromatic nitrogens is 2. The number of amides is 1. The lowest BCUT2D eigenvalue weighted by molar-refractivity contribution is -0.130. The summed E-state index contributed by atoms with van der Waals surface area (Å²) in [6.07, 6.45) is 0.358. The summed E-state index contributed by atoms with van der Waals surface area (Å²) in [5, 5.41) is 3.96. The van der Waals surface area contributed by atoms with Crippen molar-refractivity contribution in [2.45, 2.75) is 13.0 Å². The van der Waals surface area contributed by atoms with Gasteiger partial charge in [-0.3, -0.25) is 4.79 Å². The van der Waals surface area contributed by atoms with Gasteiger partial charge < -0.3 is 9.42 Å². The summed E-state index contributed by atoms with van der Waals surface area (Å²) in [6.45, 7) is 0.297. The molecule has 0 spiro atoms. The van der Waals surface area contributed by atoms with Gasteiger partial charge in [0.1, 0.15) is 0 Å². The number of hydrogen-bond acceptors (Lipinski definition) is 4. The molecule has 0 saturated carbocycles. The molecular weight excluding hydrogens is 290 g/mol. The Labute approximate surface area is 134 Å². The highest BCUT2D eigenvalue weighted by Crippen LogP contribution is 2.15. The van der Waals surface area contributed by atoms with Crippen molar-refractivity contribution in [3.05, 3.63) is 72.1 Å². The third-order valence-electron chi connectivity index (χ3n) is 3.50. The van der Waals surface area contributed by atoms with E-state index in [-0.39, 0.29) is 5.91 Å². The first-order chi connectivity index (χ1) is 11.2.